The van der Waals surface area contributed by atoms with Crippen molar-refractivity contribution in [1.82, 2.24) is 0 Å². The third-order valence-electron chi connectivity index (χ3n) is 2.36. The lowest BCUT2D eigenvalue weighted by atomic mass is 9.90. The van der Waals surface area contributed by atoms with Crippen LogP contribution in [0.5, 0.6) is 0 Å². The largest absolute Gasteiger partial charge is 0.299 e. The lowest BCUT2D eigenvalue weighted by Crippen LogP contribution is -2.09. The molecule has 0 saturated carbocycles. The normalized spacial score (nSPS) is 11.8. The summed E-state index contributed by atoms with van der Waals surface area (Å²) in [5.74, 6) is -0.0129. The molecule has 0 aliphatic carbocycles. The van der Waals surface area contributed by atoms with Crippen LogP contribution in [0.25, 0.3) is 0 Å². The maximum atomic E-state index is 11.3. The van der Waals surface area contributed by atoms with Crippen molar-refractivity contribution in [2.24, 2.45) is 0 Å². The monoisotopic (exact) mass is 187 g/mol. The van der Waals surface area contributed by atoms with Gasteiger partial charge in [0, 0.05) is 5.92 Å². The molecule has 1 atom stereocenters. The summed E-state index contributed by atoms with van der Waals surface area (Å²) >= 11 is 0. The summed E-state index contributed by atoms with van der Waals surface area (Å²) in [6.07, 6.45) is 0.744. The summed E-state index contributed by atoms with van der Waals surface area (Å²) in [7, 11) is 0. The maximum Gasteiger partial charge on any atom is 0.137 e. The molecule has 0 aromatic heterocycles. The van der Waals surface area contributed by atoms with Gasteiger partial charge in [0.1, 0.15) is 5.78 Å². The molecule has 0 radical (unpaired) electrons. The van der Waals surface area contributed by atoms with Gasteiger partial charge in [-0.05, 0) is 25.0 Å². The van der Waals surface area contributed by atoms with Crippen LogP contribution >= 0.6 is 0 Å². The first kappa shape index (κ1) is 10.5. The van der Waals surface area contributed by atoms with Crippen LogP contribution in [-0.2, 0) is 4.79 Å². The highest BCUT2D eigenvalue weighted by Crippen LogP contribution is 2.23. The molecule has 72 valence electrons. The van der Waals surface area contributed by atoms with Gasteiger partial charge in [0.2, 0.25) is 0 Å². The fourth-order valence-corrected chi connectivity index (χ4v) is 1.63. The van der Waals surface area contributed by atoms with Crippen LogP contribution in [0.1, 0.15) is 37.3 Å². The van der Waals surface area contributed by atoms with Crippen molar-refractivity contribution >= 4 is 5.78 Å². The zero-order chi connectivity index (χ0) is 10.6. The molecule has 0 bridgehead atoms. The SMILES string of the molecule is CCC(C(C)=O)c1ccccc1C#N. The first-order chi connectivity index (χ1) is 6.70. The summed E-state index contributed by atoms with van der Waals surface area (Å²) in [5.41, 5.74) is 1.46. The van der Waals surface area contributed by atoms with Gasteiger partial charge in [0.05, 0.1) is 11.6 Å². The number of nitrogens with zero attached hydrogens (tertiary/aromatic N) is 1. The van der Waals surface area contributed by atoms with Crippen molar-refractivity contribution in [3.63, 3.8) is 0 Å². The Bertz CT molecular complexity index is 376. The molecule has 0 N–H and O–H groups in total. The molecule has 2 heteroatoms. The van der Waals surface area contributed by atoms with Crippen molar-refractivity contribution in [2.45, 2.75) is 26.2 Å². The number of carbonyl (C=O) groups is 1. The van der Waals surface area contributed by atoms with E-state index in [1.54, 1.807) is 13.0 Å². The van der Waals surface area contributed by atoms with E-state index in [-0.39, 0.29) is 11.7 Å². The molecule has 1 aromatic carbocycles. The predicted molar refractivity (Wildman–Crippen MR) is 54.9 cm³/mol. The van der Waals surface area contributed by atoms with Gasteiger partial charge in [-0.25, -0.2) is 0 Å². The van der Waals surface area contributed by atoms with E-state index in [0.29, 0.717) is 5.56 Å². The minimum atomic E-state index is -0.133. The Hall–Kier alpha value is -1.62. The first-order valence-corrected chi connectivity index (χ1v) is 4.70. The molecule has 0 heterocycles. The fraction of sp³-hybridized carbons (Fsp3) is 0.333. The average Bonchev–Trinajstić information content (AvgIpc) is 2.19. The van der Waals surface area contributed by atoms with E-state index >= 15 is 0 Å². The van der Waals surface area contributed by atoms with Gasteiger partial charge in [-0.1, -0.05) is 25.1 Å². The van der Waals surface area contributed by atoms with E-state index < -0.39 is 0 Å². The molecule has 0 aliphatic rings. The van der Waals surface area contributed by atoms with Crippen LogP contribution in [-0.4, -0.2) is 5.78 Å². The first-order valence-electron chi connectivity index (χ1n) is 4.70. The summed E-state index contributed by atoms with van der Waals surface area (Å²) in [6, 6.07) is 9.40. The Morgan fingerprint density at radius 2 is 2.14 bits per heavy atom. The number of rotatable bonds is 3. The lowest BCUT2D eigenvalue weighted by molar-refractivity contribution is -0.118. The van der Waals surface area contributed by atoms with Gasteiger partial charge < -0.3 is 0 Å². The van der Waals surface area contributed by atoms with Gasteiger partial charge in [0.15, 0.2) is 0 Å². The van der Waals surface area contributed by atoms with E-state index in [1.165, 1.54) is 0 Å². The number of Topliss-reactive ketones (excluding diaryl/α,β-unsaturated/α-hetero) is 1. The Morgan fingerprint density at radius 1 is 1.50 bits per heavy atom. The highest BCUT2D eigenvalue weighted by molar-refractivity contribution is 5.84. The lowest BCUT2D eigenvalue weighted by Gasteiger charge is -2.12. The van der Waals surface area contributed by atoms with E-state index in [4.69, 9.17) is 5.26 Å². The minimum absolute atomic E-state index is 0.121. The van der Waals surface area contributed by atoms with Gasteiger partial charge in [0.25, 0.3) is 0 Å². The highest BCUT2D eigenvalue weighted by Gasteiger charge is 2.17. The van der Waals surface area contributed by atoms with Gasteiger partial charge in [-0.15, -0.1) is 0 Å². The Labute approximate surface area is 84.2 Å². The molecule has 0 amide bonds. The molecule has 14 heavy (non-hydrogen) atoms. The zero-order valence-electron chi connectivity index (χ0n) is 8.45. The topological polar surface area (TPSA) is 40.9 Å². The Morgan fingerprint density at radius 3 is 2.64 bits per heavy atom. The number of ketones is 1. The number of benzene rings is 1. The Balaban J connectivity index is 3.17. The quantitative estimate of drug-likeness (QED) is 0.729. The zero-order valence-corrected chi connectivity index (χ0v) is 8.45. The molecule has 2 nitrogen and oxygen atoms in total. The maximum absolute atomic E-state index is 11.3. The van der Waals surface area contributed by atoms with E-state index in [2.05, 4.69) is 6.07 Å². The second kappa shape index (κ2) is 4.57. The van der Waals surface area contributed by atoms with Crippen LogP contribution in [0.3, 0.4) is 0 Å². The van der Waals surface area contributed by atoms with Gasteiger partial charge in [-0.2, -0.15) is 5.26 Å². The molecule has 0 spiro atoms. The summed E-state index contributed by atoms with van der Waals surface area (Å²) in [5, 5.41) is 8.88. The van der Waals surface area contributed by atoms with Crippen LogP contribution in [0.15, 0.2) is 24.3 Å². The molecule has 1 unspecified atom stereocenters. The summed E-state index contributed by atoms with van der Waals surface area (Å²) in [4.78, 5) is 11.3. The molecule has 1 rings (SSSR count). The number of hydrogen-bond donors (Lipinski definition) is 0. The molecule has 1 aromatic rings. The van der Waals surface area contributed by atoms with E-state index in [1.807, 2.05) is 25.1 Å². The Kier molecular flexibility index (Phi) is 3.41. The van der Waals surface area contributed by atoms with Crippen molar-refractivity contribution in [2.75, 3.05) is 0 Å². The van der Waals surface area contributed by atoms with E-state index in [0.717, 1.165) is 12.0 Å². The predicted octanol–water partition coefficient (Wildman–Crippen LogP) is 2.64. The average molecular weight is 187 g/mol. The minimum Gasteiger partial charge on any atom is -0.299 e. The third-order valence-corrected chi connectivity index (χ3v) is 2.36. The molecular formula is C12H13NO. The number of hydrogen-bond acceptors (Lipinski definition) is 2. The van der Waals surface area contributed by atoms with E-state index in [9.17, 15) is 4.79 Å². The van der Waals surface area contributed by atoms with Crippen molar-refractivity contribution in [1.29, 1.82) is 5.26 Å². The van der Waals surface area contributed by atoms with Crippen LogP contribution < -0.4 is 0 Å². The molecule has 0 aliphatic heterocycles. The van der Waals surface area contributed by atoms with Crippen molar-refractivity contribution in [3.05, 3.63) is 35.4 Å². The number of nitriles is 1. The number of carbonyl (C=O) groups excluding carboxylic acids is 1. The van der Waals surface area contributed by atoms with Gasteiger partial charge in [-0.3, -0.25) is 4.79 Å². The third kappa shape index (κ3) is 2.00. The highest BCUT2D eigenvalue weighted by atomic mass is 16.1. The van der Waals surface area contributed by atoms with Crippen LogP contribution in [0.2, 0.25) is 0 Å². The van der Waals surface area contributed by atoms with Crippen molar-refractivity contribution in [3.8, 4) is 6.07 Å². The second-order valence-electron chi connectivity index (χ2n) is 3.27. The van der Waals surface area contributed by atoms with Crippen LogP contribution in [0.4, 0.5) is 0 Å². The molecule has 0 fully saturated rings. The summed E-state index contributed by atoms with van der Waals surface area (Å²) < 4.78 is 0. The molecule has 0 saturated heterocycles. The molecular weight excluding hydrogens is 174 g/mol. The smallest absolute Gasteiger partial charge is 0.137 e. The standard InChI is InChI=1S/C12H13NO/c1-3-11(9(2)14)12-7-5-4-6-10(12)8-13/h4-7,11H,3H2,1-2H3. The summed E-state index contributed by atoms with van der Waals surface area (Å²) in [6.45, 7) is 3.53. The van der Waals surface area contributed by atoms with Crippen LogP contribution in [0, 0.1) is 11.3 Å². The second-order valence-corrected chi connectivity index (χ2v) is 3.27. The fourth-order valence-electron chi connectivity index (χ4n) is 1.63. The van der Waals surface area contributed by atoms with Gasteiger partial charge >= 0.3 is 0 Å². The van der Waals surface area contributed by atoms with Crippen molar-refractivity contribution < 1.29 is 4.79 Å².